The van der Waals surface area contributed by atoms with Gasteiger partial charge in [-0.1, -0.05) is 24.3 Å². The first kappa shape index (κ1) is 22.1. The van der Waals surface area contributed by atoms with Gasteiger partial charge in [0.25, 0.3) is 0 Å². The molecule has 0 N–H and O–H groups in total. The summed E-state index contributed by atoms with van der Waals surface area (Å²) in [6, 6.07) is 22.3. The van der Waals surface area contributed by atoms with Crippen LogP contribution in [0.15, 0.2) is 66.9 Å². The molecule has 1 fully saturated rings. The molecule has 0 radical (unpaired) electrons. The molecule has 1 aliphatic rings. The number of fused-ring (bicyclic) bond motifs is 1. The molecular weight excluding hydrogens is 422 g/mol. The number of rotatable bonds is 5. The maximum Gasteiger partial charge on any atom is 0.137 e. The highest BCUT2D eigenvalue weighted by molar-refractivity contribution is 5.70. The Bertz CT molecular complexity index is 1320. The lowest BCUT2D eigenvalue weighted by molar-refractivity contribution is 0.266. The molecular formula is C28H29N5O. The Labute approximate surface area is 200 Å². The molecule has 3 heterocycles. The molecule has 0 spiro atoms. The van der Waals surface area contributed by atoms with Gasteiger partial charge in [0.05, 0.1) is 30.1 Å². The third-order valence-corrected chi connectivity index (χ3v) is 6.61. The first-order chi connectivity index (χ1) is 16.6. The Kier molecular flexibility index (Phi) is 6.31. The number of benzene rings is 2. The second-order valence-corrected chi connectivity index (χ2v) is 8.90. The second-order valence-electron chi connectivity index (χ2n) is 8.90. The van der Waals surface area contributed by atoms with Crippen molar-refractivity contribution in [3.8, 4) is 34.2 Å². The van der Waals surface area contributed by atoms with Gasteiger partial charge in [-0.25, -0.2) is 4.98 Å². The van der Waals surface area contributed by atoms with Crippen LogP contribution >= 0.6 is 0 Å². The minimum atomic E-state index is 0.659. The van der Waals surface area contributed by atoms with E-state index < -0.39 is 0 Å². The summed E-state index contributed by atoms with van der Waals surface area (Å²) < 4.78 is 7.56. The molecule has 6 nitrogen and oxygen atoms in total. The summed E-state index contributed by atoms with van der Waals surface area (Å²) in [5.41, 5.74) is 7.06. The molecule has 0 bridgehead atoms. The van der Waals surface area contributed by atoms with Crippen LogP contribution in [0.25, 0.3) is 28.0 Å². The number of likely N-dealkylation sites (N-methyl/N-ethyl adjacent to an activating group) is 1. The zero-order chi connectivity index (χ0) is 23.5. The Hall–Kier alpha value is -3.66. The largest absolute Gasteiger partial charge is 0.497 e. The van der Waals surface area contributed by atoms with E-state index in [4.69, 9.17) is 9.72 Å². The molecule has 5 rings (SSSR count). The van der Waals surface area contributed by atoms with Gasteiger partial charge in [-0.15, -0.1) is 0 Å². The van der Waals surface area contributed by atoms with Gasteiger partial charge in [-0.05, 0) is 74.1 Å². The van der Waals surface area contributed by atoms with Crippen LogP contribution in [0, 0.1) is 11.3 Å². The summed E-state index contributed by atoms with van der Waals surface area (Å²) in [4.78, 5) is 9.96. The molecule has 172 valence electrons. The lowest BCUT2D eigenvalue weighted by Gasteiger charge is -2.21. The number of nitriles is 1. The number of imidazole rings is 1. The van der Waals surface area contributed by atoms with E-state index in [1.54, 1.807) is 7.11 Å². The van der Waals surface area contributed by atoms with Crippen molar-refractivity contribution in [3.63, 3.8) is 0 Å². The Morgan fingerprint density at radius 2 is 1.62 bits per heavy atom. The molecule has 0 atom stereocenters. The van der Waals surface area contributed by atoms with Crippen LogP contribution in [0.2, 0.25) is 0 Å². The van der Waals surface area contributed by atoms with Crippen LogP contribution in [0.3, 0.4) is 0 Å². The highest BCUT2D eigenvalue weighted by atomic mass is 16.5. The summed E-state index contributed by atoms with van der Waals surface area (Å²) in [6.45, 7) is 5.14. The molecule has 4 aromatic rings. The van der Waals surface area contributed by atoms with E-state index in [1.165, 1.54) is 5.69 Å². The molecule has 1 saturated heterocycles. The van der Waals surface area contributed by atoms with Crippen LogP contribution < -0.4 is 4.74 Å². The van der Waals surface area contributed by atoms with Gasteiger partial charge < -0.3 is 14.0 Å². The fraction of sp³-hybridized carbons (Fsp3) is 0.286. The number of ether oxygens (including phenoxy) is 1. The summed E-state index contributed by atoms with van der Waals surface area (Å²) in [6.07, 6.45) is 3.35. The van der Waals surface area contributed by atoms with Crippen molar-refractivity contribution in [2.75, 3.05) is 40.3 Å². The van der Waals surface area contributed by atoms with E-state index >= 15 is 0 Å². The highest BCUT2D eigenvalue weighted by Gasteiger charge is 2.20. The van der Waals surface area contributed by atoms with Crippen LogP contribution in [0.4, 0.5) is 0 Å². The molecule has 2 aromatic carbocycles. The molecule has 0 unspecified atom stereocenters. The predicted molar refractivity (Wildman–Crippen MR) is 135 cm³/mol. The van der Waals surface area contributed by atoms with Crippen molar-refractivity contribution in [2.24, 2.45) is 0 Å². The molecule has 6 heteroatoms. The van der Waals surface area contributed by atoms with Crippen LogP contribution in [-0.4, -0.2) is 59.5 Å². The topological polar surface area (TPSA) is 56.8 Å². The summed E-state index contributed by atoms with van der Waals surface area (Å²) in [7, 11) is 3.88. The standard InChI is InChI=1S/C28H29N5O/c1-31-14-3-15-32(17-16-31)20-26-28(23-6-4-21(18-29)5-7-23)30-27-13-10-24(19-33(26)27)22-8-11-25(34-2)12-9-22/h4-13,19H,3,14-17,20H2,1-2H3. The number of aromatic nitrogens is 2. The molecule has 0 amide bonds. The fourth-order valence-electron chi connectivity index (χ4n) is 4.60. The average molecular weight is 452 g/mol. The first-order valence-electron chi connectivity index (χ1n) is 11.7. The van der Waals surface area contributed by atoms with Gasteiger partial charge in [0.1, 0.15) is 11.4 Å². The van der Waals surface area contributed by atoms with Crippen molar-refractivity contribution < 1.29 is 4.74 Å². The lowest BCUT2D eigenvalue weighted by atomic mass is 10.1. The van der Waals surface area contributed by atoms with Crippen molar-refractivity contribution in [1.82, 2.24) is 19.2 Å². The van der Waals surface area contributed by atoms with Gasteiger partial charge in [0, 0.05) is 31.4 Å². The fourth-order valence-corrected chi connectivity index (χ4v) is 4.60. The van der Waals surface area contributed by atoms with E-state index in [1.807, 2.05) is 36.4 Å². The monoisotopic (exact) mass is 451 g/mol. The minimum absolute atomic E-state index is 0.659. The summed E-state index contributed by atoms with van der Waals surface area (Å²) in [5, 5.41) is 9.22. The zero-order valence-electron chi connectivity index (χ0n) is 19.7. The number of pyridine rings is 1. The van der Waals surface area contributed by atoms with E-state index in [9.17, 15) is 5.26 Å². The highest BCUT2D eigenvalue weighted by Crippen LogP contribution is 2.29. The van der Waals surface area contributed by atoms with E-state index in [2.05, 4.69) is 57.8 Å². The zero-order valence-corrected chi connectivity index (χ0v) is 19.7. The molecule has 1 aliphatic heterocycles. The normalized spacial score (nSPS) is 15.2. The van der Waals surface area contributed by atoms with Crippen LogP contribution in [0.5, 0.6) is 5.75 Å². The van der Waals surface area contributed by atoms with E-state index in [0.717, 1.165) is 72.9 Å². The second kappa shape index (κ2) is 9.68. The Morgan fingerprint density at radius 1 is 0.882 bits per heavy atom. The minimum Gasteiger partial charge on any atom is -0.497 e. The van der Waals surface area contributed by atoms with Crippen molar-refractivity contribution >= 4 is 5.65 Å². The first-order valence-corrected chi connectivity index (χ1v) is 11.7. The number of hydrogen-bond acceptors (Lipinski definition) is 5. The lowest BCUT2D eigenvalue weighted by Crippen LogP contribution is -2.29. The van der Waals surface area contributed by atoms with Gasteiger partial charge in [0.15, 0.2) is 0 Å². The summed E-state index contributed by atoms with van der Waals surface area (Å²) >= 11 is 0. The van der Waals surface area contributed by atoms with Gasteiger partial charge in [-0.2, -0.15) is 5.26 Å². The predicted octanol–water partition coefficient (Wildman–Crippen LogP) is 4.69. The van der Waals surface area contributed by atoms with Gasteiger partial charge in [0.2, 0.25) is 0 Å². The SMILES string of the molecule is COc1ccc(-c2ccc3nc(-c4ccc(C#N)cc4)c(CN4CCCN(C)CC4)n3c2)cc1. The maximum atomic E-state index is 9.22. The molecule has 0 saturated carbocycles. The molecule has 0 aliphatic carbocycles. The smallest absolute Gasteiger partial charge is 0.137 e. The molecule has 2 aromatic heterocycles. The van der Waals surface area contributed by atoms with E-state index in [-0.39, 0.29) is 0 Å². The number of nitrogens with zero attached hydrogens (tertiary/aromatic N) is 5. The van der Waals surface area contributed by atoms with Crippen LogP contribution in [-0.2, 0) is 6.54 Å². The van der Waals surface area contributed by atoms with Gasteiger partial charge >= 0.3 is 0 Å². The average Bonchev–Trinajstić information content (AvgIpc) is 3.10. The van der Waals surface area contributed by atoms with Crippen LogP contribution in [0.1, 0.15) is 17.7 Å². The molecule has 34 heavy (non-hydrogen) atoms. The third-order valence-electron chi connectivity index (χ3n) is 6.61. The van der Waals surface area contributed by atoms with E-state index in [0.29, 0.717) is 5.56 Å². The maximum absolute atomic E-state index is 9.22. The van der Waals surface area contributed by atoms with Crippen molar-refractivity contribution in [3.05, 3.63) is 78.1 Å². The summed E-state index contributed by atoms with van der Waals surface area (Å²) in [5.74, 6) is 0.849. The quantitative estimate of drug-likeness (QED) is 0.441. The van der Waals surface area contributed by atoms with Crippen molar-refractivity contribution in [2.45, 2.75) is 13.0 Å². The van der Waals surface area contributed by atoms with Crippen molar-refractivity contribution in [1.29, 1.82) is 5.26 Å². The Balaban J connectivity index is 1.59. The Morgan fingerprint density at radius 3 is 2.35 bits per heavy atom. The van der Waals surface area contributed by atoms with Gasteiger partial charge in [-0.3, -0.25) is 4.90 Å². The number of methoxy groups -OCH3 is 1. The third kappa shape index (κ3) is 4.54. The number of hydrogen-bond donors (Lipinski definition) is 0.